The molecule has 0 amide bonds. The lowest BCUT2D eigenvalue weighted by atomic mass is 10.1. The van der Waals surface area contributed by atoms with Gasteiger partial charge in [0.05, 0.1) is 0 Å². The Bertz CT molecular complexity index is 445. The first kappa shape index (κ1) is 10.2. The molecule has 3 heteroatoms. The van der Waals surface area contributed by atoms with Gasteiger partial charge in [-0.25, -0.2) is 4.98 Å². The maximum atomic E-state index is 4.40. The van der Waals surface area contributed by atoms with E-state index in [1.807, 2.05) is 19.4 Å². The van der Waals surface area contributed by atoms with Crippen LogP contribution in [0.5, 0.6) is 0 Å². The molecule has 80 valence electrons. The van der Waals surface area contributed by atoms with Crippen molar-refractivity contribution in [3.63, 3.8) is 0 Å². The largest absolute Gasteiger partial charge is 0.346 e. The fourth-order valence-corrected chi connectivity index (χ4v) is 1.78. The second-order valence-corrected chi connectivity index (χ2v) is 3.92. The molecule has 0 aliphatic rings. The SMILES string of the molecule is CNCCCc1cnc2[nH]cc(C)c2c1. The number of rotatable bonds is 4. The highest BCUT2D eigenvalue weighted by atomic mass is 14.8. The Morgan fingerprint density at radius 1 is 1.47 bits per heavy atom. The molecule has 0 spiro atoms. The molecule has 2 N–H and O–H groups in total. The number of hydrogen-bond donors (Lipinski definition) is 2. The van der Waals surface area contributed by atoms with Crippen molar-refractivity contribution in [3.05, 3.63) is 29.6 Å². The molecule has 0 aliphatic heterocycles. The molecule has 15 heavy (non-hydrogen) atoms. The maximum absolute atomic E-state index is 4.40. The van der Waals surface area contributed by atoms with Gasteiger partial charge in [0.2, 0.25) is 0 Å². The van der Waals surface area contributed by atoms with Crippen LogP contribution >= 0.6 is 0 Å². The van der Waals surface area contributed by atoms with E-state index in [0.717, 1.165) is 25.0 Å². The molecule has 0 bridgehead atoms. The molecule has 0 aromatic carbocycles. The molecule has 0 saturated heterocycles. The van der Waals surface area contributed by atoms with Crippen LogP contribution in [-0.2, 0) is 6.42 Å². The summed E-state index contributed by atoms with van der Waals surface area (Å²) in [4.78, 5) is 7.56. The number of nitrogens with one attached hydrogen (secondary N) is 2. The van der Waals surface area contributed by atoms with Gasteiger partial charge < -0.3 is 10.3 Å². The molecule has 3 nitrogen and oxygen atoms in total. The highest BCUT2D eigenvalue weighted by molar-refractivity contribution is 5.79. The lowest BCUT2D eigenvalue weighted by Crippen LogP contribution is -2.08. The van der Waals surface area contributed by atoms with Crippen LogP contribution in [0, 0.1) is 6.92 Å². The zero-order chi connectivity index (χ0) is 10.7. The van der Waals surface area contributed by atoms with Crippen LogP contribution in [0.3, 0.4) is 0 Å². The molecule has 2 aromatic rings. The van der Waals surface area contributed by atoms with Crippen LogP contribution in [0.25, 0.3) is 11.0 Å². The second-order valence-electron chi connectivity index (χ2n) is 3.92. The van der Waals surface area contributed by atoms with Crippen LogP contribution in [0.15, 0.2) is 18.5 Å². The Balaban J connectivity index is 2.18. The topological polar surface area (TPSA) is 40.7 Å². The van der Waals surface area contributed by atoms with Crippen molar-refractivity contribution in [2.45, 2.75) is 19.8 Å². The minimum atomic E-state index is 0.991. The molecule has 2 rings (SSSR count). The van der Waals surface area contributed by atoms with Crippen molar-refractivity contribution < 1.29 is 0 Å². The average molecular weight is 203 g/mol. The molecular weight excluding hydrogens is 186 g/mol. The number of pyridine rings is 1. The van der Waals surface area contributed by atoms with E-state index in [0.29, 0.717) is 0 Å². The summed E-state index contributed by atoms with van der Waals surface area (Å²) in [6, 6.07) is 2.24. The van der Waals surface area contributed by atoms with E-state index in [4.69, 9.17) is 0 Å². The lowest BCUT2D eigenvalue weighted by molar-refractivity contribution is 0.724. The highest BCUT2D eigenvalue weighted by Crippen LogP contribution is 2.17. The van der Waals surface area contributed by atoms with Gasteiger partial charge in [-0.3, -0.25) is 0 Å². The molecular formula is C12H17N3. The Morgan fingerprint density at radius 3 is 3.13 bits per heavy atom. The molecule has 0 radical (unpaired) electrons. The number of aromatic amines is 1. The summed E-state index contributed by atoms with van der Waals surface area (Å²) in [6.45, 7) is 3.17. The summed E-state index contributed by atoms with van der Waals surface area (Å²) in [5.41, 5.74) is 3.58. The first-order chi connectivity index (χ1) is 7.31. The van der Waals surface area contributed by atoms with Crippen LogP contribution in [-0.4, -0.2) is 23.6 Å². The first-order valence-corrected chi connectivity index (χ1v) is 5.38. The van der Waals surface area contributed by atoms with Gasteiger partial charge >= 0.3 is 0 Å². The van der Waals surface area contributed by atoms with Crippen LogP contribution < -0.4 is 5.32 Å². The summed E-state index contributed by atoms with van der Waals surface area (Å²) in [7, 11) is 1.98. The van der Waals surface area contributed by atoms with Gasteiger partial charge in [0, 0.05) is 17.8 Å². The lowest BCUT2D eigenvalue weighted by Gasteiger charge is -2.01. The number of hydrogen-bond acceptors (Lipinski definition) is 2. The van der Waals surface area contributed by atoms with E-state index in [-0.39, 0.29) is 0 Å². The smallest absolute Gasteiger partial charge is 0.137 e. The first-order valence-electron chi connectivity index (χ1n) is 5.38. The Hall–Kier alpha value is -1.35. The molecule has 0 aliphatic carbocycles. The highest BCUT2D eigenvalue weighted by Gasteiger charge is 2.01. The van der Waals surface area contributed by atoms with Crippen molar-refractivity contribution in [2.75, 3.05) is 13.6 Å². The van der Waals surface area contributed by atoms with Crippen molar-refractivity contribution in [1.82, 2.24) is 15.3 Å². The van der Waals surface area contributed by atoms with Gasteiger partial charge in [-0.2, -0.15) is 0 Å². The minimum absolute atomic E-state index is 0.991. The predicted octanol–water partition coefficient (Wildman–Crippen LogP) is 2.02. The Labute approximate surface area is 89.9 Å². The molecule has 0 unspecified atom stereocenters. The molecule has 2 aromatic heterocycles. The summed E-state index contributed by atoms with van der Waals surface area (Å²) < 4.78 is 0. The minimum Gasteiger partial charge on any atom is -0.346 e. The molecule has 0 saturated carbocycles. The fourth-order valence-electron chi connectivity index (χ4n) is 1.78. The van der Waals surface area contributed by atoms with Crippen molar-refractivity contribution >= 4 is 11.0 Å². The second kappa shape index (κ2) is 4.45. The van der Waals surface area contributed by atoms with Crippen LogP contribution in [0.1, 0.15) is 17.5 Å². The van der Waals surface area contributed by atoms with Crippen LogP contribution in [0.2, 0.25) is 0 Å². The van der Waals surface area contributed by atoms with Crippen molar-refractivity contribution in [3.8, 4) is 0 Å². The quantitative estimate of drug-likeness (QED) is 0.746. The third-order valence-corrected chi connectivity index (χ3v) is 2.69. The van der Waals surface area contributed by atoms with Gasteiger partial charge in [-0.05, 0) is 50.6 Å². The Morgan fingerprint density at radius 2 is 2.33 bits per heavy atom. The molecule has 0 atom stereocenters. The fraction of sp³-hybridized carbons (Fsp3) is 0.417. The predicted molar refractivity (Wildman–Crippen MR) is 63.1 cm³/mol. The molecule has 0 fully saturated rings. The number of H-pyrrole nitrogens is 1. The maximum Gasteiger partial charge on any atom is 0.137 e. The average Bonchev–Trinajstić information content (AvgIpc) is 2.61. The summed E-state index contributed by atoms with van der Waals surface area (Å²) in [5.74, 6) is 0. The summed E-state index contributed by atoms with van der Waals surface area (Å²) in [5, 5.41) is 4.40. The van der Waals surface area contributed by atoms with Gasteiger partial charge in [0.1, 0.15) is 5.65 Å². The third kappa shape index (κ3) is 2.18. The van der Waals surface area contributed by atoms with Gasteiger partial charge in [-0.15, -0.1) is 0 Å². The number of fused-ring (bicyclic) bond motifs is 1. The van der Waals surface area contributed by atoms with E-state index in [9.17, 15) is 0 Å². The van der Waals surface area contributed by atoms with Crippen molar-refractivity contribution in [2.24, 2.45) is 0 Å². The van der Waals surface area contributed by atoms with E-state index < -0.39 is 0 Å². The standard InChI is InChI=1S/C12H17N3/c1-9-7-14-12-11(9)6-10(8-15-12)4-3-5-13-2/h6-8,13H,3-5H2,1-2H3,(H,14,15). The number of aryl methyl sites for hydroxylation is 2. The van der Waals surface area contributed by atoms with Gasteiger partial charge in [-0.1, -0.05) is 0 Å². The number of nitrogens with zero attached hydrogens (tertiary/aromatic N) is 1. The monoisotopic (exact) mass is 203 g/mol. The van der Waals surface area contributed by atoms with E-state index in [1.165, 1.54) is 16.5 Å². The normalized spacial score (nSPS) is 11.1. The summed E-state index contributed by atoms with van der Waals surface area (Å²) >= 11 is 0. The van der Waals surface area contributed by atoms with Crippen molar-refractivity contribution in [1.29, 1.82) is 0 Å². The van der Waals surface area contributed by atoms with E-state index >= 15 is 0 Å². The van der Waals surface area contributed by atoms with Gasteiger partial charge in [0.25, 0.3) is 0 Å². The van der Waals surface area contributed by atoms with Gasteiger partial charge in [0.15, 0.2) is 0 Å². The number of aromatic nitrogens is 2. The molecule has 2 heterocycles. The van der Waals surface area contributed by atoms with Crippen LogP contribution in [0.4, 0.5) is 0 Å². The summed E-state index contributed by atoms with van der Waals surface area (Å²) in [6.07, 6.45) is 6.23. The van der Waals surface area contributed by atoms with E-state index in [1.54, 1.807) is 0 Å². The zero-order valence-electron chi connectivity index (χ0n) is 9.30. The Kier molecular flexibility index (Phi) is 3.02. The zero-order valence-corrected chi connectivity index (χ0v) is 9.30. The third-order valence-electron chi connectivity index (χ3n) is 2.69. The van der Waals surface area contributed by atoms with E-state index in [2.05, 4.69) is 28.3 Å².